The Balaban J connectivity index is 0.0000000925. The molecule has 0 unspecified atom stereocenters. The zero-order valence-electron chi connectivity index (χ0n) is 80.5. The number of nitrogens with zero attached hydrogens (tertiary/aromatic N) is 18. The predicted molar refractivity (Wildman–Crippen MR) is 615 cm³/mol. The van der Waals surface area contributed by atoms with E-state index in [1.54, 1.807) is 135 Å². The van der Waals surface area contributed by atoms with E-state index in [4.69, 9.17) is 8.83 Å². The number of hydrogen-bond acceptors (Lipinski definition) is 28. The highest BCUT2D eigenvalue weighted by atomic mass is 32.1. The zero-order valence-corrected chi connectivity index (χ0v) is 87.0. The van der Waals surface area contributed by atoms with Crippen molar-refractivity contribution in [2.24, 2.45) is 0 Å². The highest BCUT2D eigenvalue weighted by Crippen LogP contribution is 2.42. The minimum Gasteiger partial charge on any atom is -0.454 e. The summed E-state index contributed by atoms with van der Waals surface area (Å²) in [6, 6.07) is 85.6. The molecule has 20 nitrogen and oxygen atoms in total. The van der Waals surface area contributed by atoms with Gasteiger partial charge in [0, 0.05) is 187 Å². The van der Waals surface area contributed by atoms with Crippen LogP contribution < -0.4 is 0 Å². The van der Waals surface area contributed by atoms with E-state index in [1.807, 2.05) is 144 Å². The molecule has 0 N–H and O–H groups in total. The topological polar surface area (TPSA) is 258 Å². The van der Waals surface area contributed by atoms with Crippen LogP contribution in [0, 0.1) is 69.2 Å². The monoisotopic (exact) mass is 2040 g/mol. The van der Waals surface area contributed by atoms with Gasteiger partial charge >= 0.3 is 0 Å². The van der Waals surface area contributed by atoms with Gasteiger partial charge < -0.3 is 8.83 Å². The third-order valence-corrected chi connectivity index (χ3v) is 33.1. The molecule has 0 spiro atoms. The van der Waals surface area contributed by atoms with E-state index in [2.05, 4.69) is 313 Å². The smallest absolute Gasteiger partial charge is 0.156 e. The first-order chi connectivity index (χ1) is 71.5. The fourth-order valence-corrected chi connectivity index (χ4v) is 25.7. The standard InChI is InChI=1S/C18H13NO.C12H9NO.8C11H8N2S/c1-12-9-10-19-17-15-11-14(13-5-3-2-4-6-13)7-8-16(15)20-18(12)17;1-8-4-5-9-11(7-8)14-10-3-2-6-13-12(9)10;1-7-2-3-10-8(4-7)9-5-12-6-13-11(9)14-10;1-7-2-3-8-9-5-12-6-13-11(9)14-10(8)4-7;1-7-2-3-9-8(6-7)10-11(14-9)13-5-4-12-10;1-7-3-2-4-9-10(7)8-5-12-6-13-11(8)14-9;1-7-3-2-4-8-9-5-12-6-13-11(9)14-10(7)8;1-7-12-6-9-8-4-2-3-5-10(8)14-11(9)13-7;1-7-6-12-11-10(13-7)8-4-2-3-5-9(8)14-11;1-7-6-12-10-8-4-2-3-5-9(8)14-11(10)13-7/h2-11H,1H3;2-7H,1H3;8*2-6H,1H3. The number of benzene rings is 11. The summed E-state index contributed by atoms with van der Waals surface area (Å²) in [5.41, 5.74) is 21.6. The summed E-state index contributed by atoms with van der Waals surface area (Å²) in [5.74, 6) is 0.837. The molecule has 0 saturated heterocycles. The van der Waals surface area contributed by atoms with E-state index in [0.29, 0.717) is 0 Å². The van der Waals surface area contributed by atoms with E-state index >= 15 is 0 Å². The largest absolute Gasteiger partial charge is 0.454 e. The molecule has 0 bridgehead atoms. The van der Waals surface area contributed by atoms with Gasteiger partial charge in [0.15, 0.2) is 11.2 Å². The molecule has 146 heavy (non-hydrogen) atoms. The molecule has 28 heteroatoms. The maximum atomic E-state index is 5.91. The van der Waals surface area contributed by atoms with Crippen molar-refractivity contribution in [1.82, 2.24) is 89.7 Å². The lowest BCUT2D eigenvalue weighted by molar-refractivity contribution is 0.665. The molecule has 708 valence electrons. The molecule has 0 fully saturated rings. The Morgan fingerprint density at radius 3 is 1.47 bits per heavy atom. The van der Waals surface area contributed by atoms with Gasteiger partial charge in [-0.2, -0.15) is 0 Å². The van der Waals surface area contributed by atoms with Crippen LogP contribution in [0.15, 0.2) is 351 Å². The predicted octanol–water partition coefficient (Wildman–Crippen LogP) is 33.5. The molecule has 31 aromatic rings. The third-order valence-electron chi connectivity index (χ3n) is 24.4. The summed E-state index contributed by atoms with van der Waals surface area (Å²) >= 11 is 13.7. The maximum Gasteiger partial charge on any atom is 0.156 e. The van der Waals surface area contributed by atoms with Crippen molar-refractivity contribution in [3.63, 3.8) is 0 Å². The van der Waals surface area contributed by atoms with Crippen molar-refractivity contribution in [3.05, 3.63) is 398 Å². The van der Waals surface area contributed by atoms with E-state index < -0.39 is 0 Å². The first kappa shape index (κ1) is 94.6. The summed E-state index contributed by atoms with van der Waals surface area (Å²) in [4.78, 5) is 85.6. The van der Waals surface area contributed by atoms with Crippen LogP contribution in [0.1, 0.15) is 56.2 Å². The summed E-state index contributed by atoms with van der Waals surface area (Å²) in [6.45, 7) is 20.5. The molecular formula is C118H86N18O2S8. The average Bonchev–Trinajstić information content (AvgIpc) is 1.62. The molecule has 0 saturated carbocycles. The Hall–Kier alpha value is -16.3. The van der Waals surface area contributed by atoms with Crippen LogP contribution in [0.5, 0.6) is 0 Å². The fraction of sp³-hybridized carbons (Fsp3) is 0.0847. The SMILES string of the molecule is Cc1ccc2c(c1)oc1cccnc12.Cc1ccc2c(c1)sc1ncncc12.Cc1ccc2sc3nccnc3c2c1.Cc1ccc2sc3ncncc3c2c1.Cc1cccc2c1sc1ncncc12.Cc1cccc2sc3ncncc3c12.Cc1ccnc2c1oc1ccc(-c3ccccc3)cc12.Cc1cnc2c(n1)sc1ccccc12.Cc1cnc2sc3ccccc3c2n1.Cc1ncc2c(n1)sc1ccccc12. The Morgan fingerprint density at radius 2 is 0.719 bits per heavy atom. The van der Waals surface area contributed by atoms with Crippen LogP contribution >= 0.6 is 90.7 Å². The normalized spacial score (nSPS) is 11.2. The quantitative estimate of drug-likeness (QED) is 0.148. The van der Waals surface area contributed by atoms with E-state index in [0.717, 1.165) is 144 Å². The van der Waals surface area contributed by atoms with Gasteiger partial charge in [0.1, 0.15) is 109 Å². The second-order valence-electron chi connectivity index (χ2n) is 34.8. The molecule has 11 aromatic carbocycles. The lowest BCUT2D eigenvalue weighted by atomic mass is 10.0. The van der Waals surface area contributed by atoms with Crippen LogP contribution in [0.25, 0.3) is 218 Å². The van der Waals surface area contributed by atoms with Crippen molar-refractivity contribution < 1.29 is 8.83 Å². The number of aromatic nitrogens is 18. The molecular weight excluding hydrogens is 1960 g/mol. The van der Waals surface area contributed by atoms with E-state index in [9.17, 15) is 0 Å². The molecule has 0 aliphatic carbocycles. The van der Waals surface area contributed by atoms with Gasteiger partial charge in [0.25, 0.3) is 0 Å². The van der Waals surface area contributed by atoms with Crippen molar-refractivity contribution in [2.75, 3.05) is 0 Å². The summed E-state index contributed by atoms with van der Waals surface area (Å²) in [7, 11) is 0. The van der Waals surface area contributed by atoms with Gasteiger partial charge in [-0.1, -0.05) is 163 Å². The molecule has 31 rings (SSSR count). The minimum atomic E-state index is 0.837. The van der Waals surface area contributed by atoms with E-state index in [1.165, 1.54) is 131 Å². The van der Waals surface area contributed by atoms with Crippen LogP contribution in [-0.2, 0) is 0 Å². The number of aryl methyl sites for hydroxylation is 10. The van der Waals surface area contributed by atoms with Crippen LogP contribution in [0.2, 0.25) is 0 Å². The number of hydrogen-bond donors (Lipinski definition) is 0. The highest BCUT2D eigenvalue weighted by molar-refractivity contribution is 7.28. The van der Waals surface area contributed by atoms with Crippen LogP contribution in [-0.4, -0.2) is 89.7 Å². The second-order valence-corrected chi connectivity index (χ2v) is 43.0. The van der Waals surface area contributed by atoms with Crippen LogP contribution in [0.4, 0.5) is 0 Å². The first-order valence-corrected chi connectivity index (χ1v) is 53.3. The molecule has 0 amide bonds. The summed E-state index contributed by atoms with van der Waals surface area (Å²) in [6.07, 6.45) is 26.6. The Morgan fingerprint density at radius 1 is 0.212 bits per heavy atom. The van der Waals surface area contributed by atoms with Gasteiger partial charge in [-0.3, -0.25) is 19.9 Å². The minimum absolute atomic E-state index is 0.837. The lowest BCUT2D eigenvalue weighted by Gasteiger charge is -2.00. The number of furan rings is 2. The molecule has 20 heterocycles. The number of thiophene rings is 8. The Bertz CT molecular complexity index is 9510. The zero-order chi connectivity index (χ0) is 99.4. The van der Waals surface area contributed by atoms with Gasteiger partial charge in [-0.25, -0.2) is 69.8 Å². The van der Waals surface area contributed by atoms with Gasteiger partial charge in [0.05, 0.1) is 11.4 Å². The number of rotatable bonds is 1. The molecule has 20 aromatic heterocycles. The summed E-state index contributed by atoms with van der Waals surface area (Å²) in [5, 5.41) is 18.0. The second kappa shape index (κ2) is 42.0. The number of fused-ring (bicyclic) bond motifs is 30. The highest BCUT2D eigenvalue weighted by Gasteiger charge is 2.17. The molecule has 0 atom stereocenters. The van der Waals surface area contributed by atoms with Gasteiger partial charge in [-0.05, 0) is 205 Å². The van der Waals surface area contributed by atoms with E-state index in [-0.39, 0.29) is 0 Å². The first-order valence-electron chi connectivity index (χ1n) is 46.8. The van der Waals surface area contributed by atoms with Crippen molar-refractivity contribution in [2.45, 2.75) is 69.2 Å². The molecule has 0 aliphatic heterocycles. The molecule has 0 aliphatic rings. The number of pyridine rings is 2. The third kappa shape index (κ3) is 19.9. The van der Waals surface area contributed by atoms with Gasteiger partial charge in [-0.15, -0.1) is 90.7 Å². The lowest BCUT2D eigenvalue weighted by Crippen LogP contribution is -1.83. The Labute approximate surface area is 867 Å². The van der Waals surface area contributed by atoms with Crippen molar-refractivity contribution in [3.8, 4) is 11.1 Å². The van der Waals surface area contributed by atoms with Gasteiger partial charge in [0.2, 0.25) is 0 Å². The van der Waals surface area contributed by atoms with Crippen molar-refractivity contribution >= 4 is 298 Å². The maximum absolute atomic E-state index is 5.91. The fourth-order valence-electron chi connectivity index (χ4n) is 17.3. The average molecular weight is 2040 g/mol. The van der Waals surface area contributed by atoms with Crippen LogP contribution in [0.3, 0.4) is 0 Å². The molecule has 0 radical (unpaired) electrons. The van der Waals surface area contributed by atoms with Crippen molar-refractivity contribution in [1.29, 1.82) is 0 Å². The summed E-state index contributed by atoms with van der Waals surface area (Å²) < 4.78 is 21.8. The Kier molecular flexibility index (Phi) is 27.2.